The van der Waals surface area contributed by atoms with Gasteiger partial charge < -0.3 is 14.9 Å². The van der Waals surface area contributed by atoms with Crippen LogP contribution in [0.1, 0.15) is 36.5 Å². The zero-order chi connectivity index (χ0) is 14.5. The minimum absolute atomic E-state index is 0.158. The van der Waals surface area contributed by atoms with Crippen molar-refractivity contribution in [3.63, 3.8) is 0 Å². The summed E-state index contributed by atoms with van der Waals surface area (Å²) in [5, 5.41) is 17.1. The number of benzene rings is 1. The fourth-order valence-corrected chi connectivity index (χ4v) is 2.83. The lowest BCUT2D eigenvalue weighted by molar-refractivity contribution is 0.131. The molecule has 0 amide bonds. The molecule has 3 rings (SSSR count). The molecule has 0 radical (unpaired) electrons. The minimum atomic E-state index is -0.158. The van der Waals surface area contributed by atoms with Crippen molar-refractivity contribution in [2.75, 3.05) is 6.54 Å². The van der Waals surface area contributed by atoms with Crippen LogP contribution in [0.2, 0.25) is 0 Å². The first kappa shape index (κ1) is 14.2. The van der Waals surface area contributed by atoms with Crippen LogP contribution in [0.15, 0.2) is 34.9 Å². The smallest absolute Gasteiger partial charge is 0.240 e. The van der Waals surface area contributed by atoms with Crippen LogP contribution in [0.25, 0.3) is 0 Å². The molecule has 2 unspecified atom stereocenters. The van der Waals surface area contributed by atoms with E-state index in [0.29, 0.717) is 30.6 Å². The Labute approximate surface area is 124 Å². The molecule has 1 aliphatic rings. The lowest BCUT2D eigenvalue weighted by Crippen LogP contribution is -2.27. The zero-order valence-electron chi connectivity index (χ0n) is 12.0. The monoisotopic (exact) mass is 287 g/mol. The van der Waals surface area contributed by atoms with Gasteiger partial charge in [-0.05, 0) is 24.3 Å². The number of hydrogen-bond donors (Lipinski definition) is 2. The van der Waals surface area contributed by atoms with Crippen molar-refractivity contribution in [1.29, 1.82) is 0 Å². The molecule has 2 atom stereocenters. The average molecular weight is 287 g/mol. The quantitative estimate of drug-likeness (QED) is 0.849. The molecular weight excluding hydrogens is 266 g/mol. The highest BCUT2D eigenvalue weighted by atomic mass is 16.5. The summed E-state index contributed by atoms with van der Waals surface area (Å²) in [6, 6.07) is 10.1. The second-order valence-electron chi connectivity index (χ2n) is 5.66. The molecule has 1 aliphatic carbocycles. The highest BCUT2D eigenvalue weighted by molar-refractivity contribution is 5.18. The van der Waals surface area contributed by atoms with E-state index in [9.17, 15) is 5.11 Å². The SMILES string of the molecule is OC1CCCC1CNCc1nc(Cc2ccccc2)no1. The Morgan fingerprint density at radius 3 is 2.86 bits per heavy atom. The van der Waals surface area contributed by atoms with Gasteiger partial charge in [-0.3, -0.25) is 0 Å². The average Bonchev–Trinajstić information content (AvgIpc) is 3.10. The van der Waals surface area contributed by atoms with Crippen molar-refractivity contribution in [3.8, 4) is 0 Å². The van der Waals surface area contributed by atoms with Crippen molar-refractivity contribution in [3.05, 3.63) is 47.6 Å². The molecule has 21 heavy (non-hydrogen) atoms. The van der Waals surface area contributed by atoms with Gasteiger partial charge in [0.25, 0.3) is 0 Å². The van der Waals surface area contributed by atoms with Crippen LogP contribution >= 0.6 is 0 Å². The standard InChI is InChI=1S/C16H21N3O2/c20-14-8-4-7-13(14)10-17-11-16-18-15(19-21-16)9-12-5-2-1-3-6-12/h1-3,5-6,13-14,17,20H,4,7-11H2. The largest absolute Gasteiger partial charge is 0.393 e. The fraction of sp³-hybridized carbons (Fsp3) is 0.500. The summed E-state index contributed by atoms with van der Waals surface area (Å²) in [6.07, 6.45) is 3.67. The summed E-state index contributed by atoms with van der Waals surface area (Å²) in [6.45, 7) is 1.36. The molecule has 1 saturated carbocycles. The number of hydrogen-bond acceptors (Lipinski definition) is 5. The third kappa shape index (κ3) is 3.89. The van der Waals surface area contributed by atoms with Crippen molar-refractivity contribution < 1.29 is 9.63 Å². The number of aliphatic hydroxyl groups excluding tert-OH is 1. The Balaban J connectivity index is 1.46. The molecule has 112 valence electrons. The molecule has 0 bridgehead atoms. The Bertz CT molecular complexity index is 556. The van der Waals surface area contributed by atoms with Crippen LogP contribution in [-0.2, 0) is 13.0 Å². The second-order valence-corrected chi connectivity index (χ2v) is 5.66. The molecule has 5 nitrogen and oxygen atoms in total. The van der Waals surface area contributed by atoms with Crippen LogP contribution in [0, 0.1) is 5.92 Å². The summed E-state index contributed by atoms with van der Waals surface area (Å²) >= 11 is 0. The first-order valence-corrected chi connectivity index (χ1v) is 7.55. The van der Waals surface area contributed by atoms with Gasteiger partial charge in [-0.1, -0.05) is 41.9 Å². The second kappa shape index (κ2) is 6.83. The molecule has 2 N–H and O–H groups in total. The van der Waals surface area contributed by atoms with Crippen molar-refractivity contribution in [2.24, 2.45) is 5.92 Å². The van der Waals surface area contributed by atoms with E-state index >= 15 is 0 Å². The molecule has 1 aromatic heterocycles. The van der Waals surface area contributed by atoms with Crippen molar-refractivity contribution in [1.82, 2.24) is 15.5 Å². The van der Waals surface area contributed by atoms with Crippen LogP contribution in [0.4, 0.5) is 0 Å². The third-order valence-electron chi connectivity index (χ3n) is 4.02. The van der Waals surface area contributed by atoms with Crippen molar-refractivity contribution in [2.45, 2.75) is 38.3 Å². The number of nitrogens with zero attached hydrogens (tertiary/aromatic N) is 2. The summed E-state index contributed by atoms with van der Waals surface area (Å²) in [7, 11) is 0. The molecule has 5 heteroatoms. The van der Waals surface area contributed by atoms with Crippen LogP contribution in [0.5, 0.6) is 0 Å². The maximum absolute atomic E-state index is 9.76. The maximum Gasteiger partial charge on any atom is 0.240 e. The Morgan fingerprint density at radius 2 is 2.10 bits per heavy atom. The molecule has 1 heterocycles. The van der Waals surface area contributed by atoms with Gasteiger partial charge in [-0.2, -0.15) is 4.98 Å². The van der Waals surface area contributed by atoms with E-state index in [4.69, 9.17) is 4.52 Å². The number of rotatable bonds is 6. The lowest BCUT2D eigenvalue weighted by atomic mass is 10.1. The normalized spacial score (nSPS) is 21.8. The first-order valence-electron chi connectivity index (χ1n) is 7.55. The maximum atomic E-state index is 9.76. The Kier molecular flexibility index (Phi) is 4.62. The van der Waals surface area contributed by atoms with E-state index in [-0.39, 0.29) is 6.10 Å². The molecule has 2 aromatic rings. The molecule has 0 spiro atoms. The molecule has 1 aromatic carbocycles. The van der Waals surface area contributed by atoms with Crippen LogP contribution < -0.4 is 5.32 Å². The Hall–Kier alpha value is -1.72. The predicted molar refractivity (Wildman–Crippen MR) is 78.6 cm³/mol. The van der Waals surface area contributed by atoms with Gasteiger partial charge >= 0.3 is 0 Å². The van der Waals surface area contributed by atoms with Crippen molar-refractivity contribution >= 4 is 0 Å². The summed E-state index contributed by atoms with van der Waals surface area (Å²) < 4.78 is 5.24. The van der Waals surface area contributed by atoms with Gasteiger partial charge in [-0.15, -0.1) is 0 Å². The highest BCUT2D eigenvalue weighted by Crippen LogP contribution is 2.24. The van der Waals surface area contributed by atoms with Gasteiger partial charge in [0.15, 0.2) is 5.82 Å². The molecule has 0 aliphatic heterocycles. The summed E-state index contributed by atoms with van der Waals surface area (Å²) in [4.78, 5) is 4.39. The van der Waals surface area contributed by atoms with E-state index in [0.717, 1.165) is 25.8 Å². The lowest BCUT2D eigenvalue weighted by Gasteiger charge is -2.13. The fourth-order valence-electron chi connectivity index (χ4n) is 2.83. The predicted octanol–water partition coefficient (Wildman–Crippen LogP) is 1.91. The Morgan fingerprint density at radius 1 is 1.24 bits per heavy atom. The van der Waals surface area contributed by atoms with E-state index in [1.165, 1.54) is 5.56 Å². The first-order chi connectivity index (χ1) is 10.3. The third-order valence-corrected chi connectivity index (χ3v) is 4.02. The molecule has 1 fully saturated rings. The van der Waals surface area contributed by atoms with Crippen LogP contribution in [-0.4, -0.2) is 27.9 Å². The van der Waals surface area contributed by atoms with E-state index < -0.39 is 0 Å². The van der Waals surface area contributed by atoms with Gasteiger partial charge in [0, 0.05) is 13.0 Å². The van der Waals surface area contributed by atoms with E-state index in [1.54, 1.807) is 0 Å². The van der Waals surface area contributed by atoms with Crippen LogP contribution in [0.3, 0.4) is 0 Å². The zero-order valence-corrected chi connectivity index (χ0v) is 12.0. The van der Waals surface area contributed by atoms with E-state index in [2.05, 4.69) is 27.6 Å². The molecular formula is C16H21N3O2. The topological polar surface area (TPSA) is 71.2 Å². The number of aromatic nitrogens is 2. The minimum Gasteiger partial charge on any atom is -0.393 e. The van der Waals surface area contributed by atoms with Gasteiger partial charge in [-0.25, -0.2) is 0 Å². The highest BCUT2D eigenvalue weighted by Gasteiger charge is 2.24. The molecule has 0 saturated heterocycles. The van der Waals surface area contributed by atoms with Gasteiger partial charge in [0.1, 0.15) is 0 Å². The number of nitrogens with one attached hydrogen (secondary N) is 1. The van der Waals surface area contributed by atoms with Gasteiger partial charge in [0.2, 0.25) is 5.89 Å². The van der Waals surface area contributed by atoms with E-state index in [1.807, 2.05) is 18.2 Å². The van der Waals surface area contributed by atoms with Gasteiger partial charge in [0.05, 0.1) is 12.6 Å². The summed E-state index contributed by atoms with van der Waals surface area (Å²) in [5.74, 6) is 1.67. The summed E-state index contributed by atoms with van der Waals surface area (Å²) in [5.41, 5.74) is 1.17. The number of aliphatic hydroxyl groups is 1.